The number of carbonyl (C=O) groups excluding carboxylic acids is 1. The number of nitrogens with zero attached hydrogens (tertiary/aromatic N) is 3. The number of aromatic nitrogens is 1. The number of benzene rings is 1. The van der Waals surface area contributed by atoms with Crippen LogP contribution < -0.4 is 4.90 Å². The molecule has 124 valence electrons. The molecule has 2 aliphatic heterocycles. The molecule has 0 unspecified atom stereocenters. The topological polar surface area (TPSA) is 36.4 Å². The van der Waals surface area contributed by atoms with Gasteiger partial charge in [0.1, 0.15) is 5.82 Å². The van der Waals surface area contributed by atoms with Crippen molar-refractivity contribution in [2.45, 2.75) is 24.8 Å². The first-order valence-electron chi connectivity index (χ1n) is 8.30. The molecule has 0 atom stereocenters. The number of hydrogen-bond acceptors (Lipinski definition) is 3. The first-order chi connectivity index (χ1) is 11.6. The minimum atomic E-state index is -0.558. The molecular formula is C19H20FN3O. The summed E-state index contributed by atoms with van der Waals surface area (Å²) in [4.78, 5) is 20.9. The van der Waals surface area contributed by atoms with Gasteiger partial charge >= 0.3 is 0 Å². The van der Waals surface area contributed by atoms with Crippen molar-refractivity contribution in [3.63, 3.8) is 0 Å². The zero-order chi connectivity index (χ0) is 16.7. The number of halogens is 1. The maximum absolute atomic E-state index is 14.2. The summed E-state index contributed by atoms with van der Waals surface area (Å²) in [6.07, 6.45) is 5.11. The highest BCUT2D eigenvalue weighted by Crippen LogP contribution is 2.48. The number of rotatable bonds is 2. The van der Waals surface area contributed by atoms with Crippen LogP contribution in [-0.4, -0.2) is 35.9 Å². The molecule has 1 saturated heterocycles. The van der Waals surface area contributed by atoms with Gasteiger partial charge in [0.25, 0.3) is 0 Å². The number of likely N-dealkylation sites (tertiary alicyclic amines) is 1. The van der Waals surface area contributed by atoms with Crippen molar-refractivity contribution in [2.24, 2.45) is 0 Å². The molecule has 4 nitrogen and oxygen atoms in total. The number of likely N-dealkylation sites (N-methyl/N-ethyl adjacent to an activating group) is 1. The van der Waals surface area contributed by atoms with E-state index in [1.807, 2.05) is 18.3 Å². The lowest BCUT2D eigenvalue weighted by atomic mass is 9.73. The lowest BCUT2D eigenvalue weighted by Crippen LogP contribution is -2.47. The van der Waals surface area contributed by atoms with Crippen LogP contribution in [0.2, 0.25) is 0 Å². The number of para-hydroxylation sites is 1. The van der Waals surface area contributed by atoms with Gasteiger partial charge in [-0.3, -0.25) is 14.7 Å². The summed E-state index contributed by atoms with van der Waals surface area (Å²) >= 11 is 0. The second-order valence-electron chi connectivity index (χ2n) is 6.72. The van der Waals surface area contributed by atoms with Gasteiger partial charge in [-0.2, -0.15) is 0 Å². The molecule has 1 amide bonds. The fourth-order valence-corrected chi connectivity index (χ4v) is 4.11. The Balaban J connectivity index is 1.57. The Morgan fingerprint density at radius 2 is 2.00 bits per heavy atom. The van der Waals surface area contributed by atoms with E-state index in [9.17, 15) is 9.18 Å². The smallest absolute Gasteiger partial charge is 0.237 e. The molecule has 0 N–H and O–H groups in total. The van der Waals surface area contributed by atoms with Crippen LogP contribution in [0, 0.1) is 5.82 Å². The minimum absolute atomic E-state index is 0.0311. The third-order valence-corrected chi connectivity index (χ3v) is 5.39. The summed E-state index contributed by atoms with van der Waals surface area (Å²) in [6, 6.07) is 9.06. The van der Waals surface area contributed by atoms with E-state index >= 15 is 0 Å². The standard InChI is InChI=1S/C19H20FN3O/c1-22-17-15(5-2-6-16(17)20)19(18(22)24)7-10-23(11-8-19)13-14-4-3-9-21-12-14/h2-6,9,12H,7-8,10-11,13H2,1H3. The van der Waals surface area contributed by atoms with Gasteiger partial charge in [0.05, 0.1) is 11.1 Å². The lowest BCUT2D eigenvalue weighted by Gasteiger charge is -2.38. The van der Waals surface area contributed by atoms with Crippen molar-refractivity contribution < 1.29 is 9.18 Å². The predicted molar refractivity (Wildman–Crippen MR) is 90.2 cm³/mol. The summed E-state index contributed by atoms with van der Waals surface area (Å²) in [5.41, 5.74) is 1.94. The van der Waals surface area contributed by atoms with Gasteiger partial charge < -0.3 is 4.90 Å². The highest BCUT2D eigenvalue weighted by molar-refractivity contribution is 6.08. The third-order valence-electron chi connectivity index (χ3n) is 5.39. The van der Waals surface area contributed by atoms with E-state index in [0.29, 0.717) is 5.69 Å². The van der Waals surface area contributed by atoms with Gasteiger partial charge in [-0.1, -0.05) is 18.2 Å². The predicted octanol–water partition coefficient (Wildman–Crippen LogP) is 2.73. The van der Waals surface area contributed by atoms with Crippen LogP contribution in [-0.2, 0) is 16.8 Å². The van der Waals surface area contributed by atoms with E-state index in [-0.39, 0.29) is 11.7 Å². The fourth-order valence-electron chi connectivity index (χ4n) is 4.11. The molecule has 0 bridgehead atoms. The first-order valence-corrected chi connectivity index (χ1v) is 8.30. The van der Waals surface area contributed by atoms with Crippen LogP contribution >= 0.6 is 0 Å². The number of amides is 1. The zero-order valence-electron chi connectivity index (χ0n) is 13.7. The zero-order valence-corrected chi connectivity index (χ0v) is 13.7. The summed E-state index contributed by atoms with van der Waals surface area (Å²) in [7, 11) is 1.68. The van der Waals surface area contributed by atoms with Gasteiger partial charge in [0, 0.05) is 26.0 Å². The molecule has 1 aromatic heterocycles. The average molecular weight is 325 g/mol. The van der Waals surface area contributed by atoms with Crippen LogP contribution in [0.3, 0.4) is 0 Å². The quantitative estimate of drug-likeness (QED) is 0.852. The Bertz CT molecular complexity index is 769. The number of fused-ring (bicyclic) bond motifs is 2. The Labute approximate surface area is 140 Å². The second-order valence-corrected chi connectivity index (χ2v) is 6.72. The maximum atomic E-state index is 14.2. The molecule has 3 heterocycles. The number of carbonyl (C=O) groups is 1. The maximum Gasteiger partial charge on any atom is 0.237 e. The van der Waals surface area contributed by atoms with E-state index in [0.717, 1.165) is 38.0 Å². The molecule has 2 aromatic rings. The van der Waals surface area contributed by atoms with E-state index in [2.05, 4.69) is 16.0 Å². The molecule has 24 heavy (non-hydrogen) atoms. The molecule has 0 aliphatic carbocycles. The van der Waals surface area contributed by atoms with Crippen LogP contribution in [0.1, 0.15) is 24.0 Å². The van der Waals surface area contributed by atoms with E-state index < -0.39 is 5.41 Å². The highest BCUT2D eigenvalue weighted by Gasteiger charge is 2.51. The number of piperidine rings is 1. The minimum Gasteiger partial charge on any atom is -0.312 e. The molecule has 4 rings (SSSR count). The second kappa shape index (κ2) is 5.67. The molecule has 0 radical (unpaired) electrons. The summed E-state index contributed by atoms with van der Waals surface area (Å²) < 4.78 is 14.2. The molecule has 1 spiro atoms. The van der Waals surface area contributed by atoms with Crippen LogP contribution in [0.4, 0.5) is 10.1 Å². The Morgan fingerprint density at radius 3 is 2.71 bits per heavy atom. The van der Waals surface area contributed by atoms with Gasteiger partial charge in [-0.25, -0.2) is 4.39 Å². The summed E-state index contributed by atoms with van der Waals surface area (Å²) in [5, 5.41) is 0. The monoisotopic (exact) mass is 325 g/mol. The van der Waals surface area contributed by atoms with Crippen LogP contribution in [0.25, 0.3) is 0 Å². The largest absolute Gasteiger partial charge is 0.312 e. The fraction of sp³-hybridized carbons (Fsp3) is 0.368. The SMILES string of the molecule is CN1C(=O)C2(CCN(Cc3cccnc3)CC2)c2cccc(F)c21. The van der Waals surface area contributed by atoms with Crippen molar-refractivity contribution in [1.29, 1.82) is 0 Å². The third kappa shape index (κ3) is 2.23. The van der Waals surface area contributed by atoms with Crippen molar-refractivity contribution in [1.82, 2.24) is 9.88 Å². The van der Waals surface area contributed by atoms with Gasteiger partial charge in [0.15, 0.2) is 0 Å². The van der Waals surface area contributed by atoms with Gasteiger partial charge in [-0.05, 0) is 49.2 Å². The van der Waals surface area contributed by atoms with Crippen LogP contribution in [0.5, 0.6) is 0 Å². The average Bonchev–Trinajstić information content (AvgIpc) is 2.81. The highest BCUT2D eigenvalue weighted by atomic mass is 19.1. The first kappa shape index (κ1) is 15.3. The Kier molecular flexibility index (Phi) is 3.61. The molecule has 1 aromatic carbocycles. The number of hydrogen-bond donors (Lipinski definition) is 0. The Hall–Kier alpha value is -2.27. The molecule has 5 heteroatoms. The van der Waals surface area contributed by atoms with Crippen molar-refractivity contribution in [3.05, 3.63) is 59.7 Å². The number of pyridine rings is 1. The van der Waals surface area contributed by atoms with E-state index in [1.165, 1.54) is 16.5 Å². The van der Waals surface area contributed by atoms with Crippen molar-refractivity contribution >= 4 is 11.6 Å². The van der Waals surface area contributed by atoms with Gasteiger partial charge in [0.2, 0.25) is 5.91 Å². The van der Waals surface area contributed by atoms with Gasteiger partial charge in [-0.15, -0.1) is 0 Å². The van der Waals surface area contributed by atoms with E-state index in [1.54, 1.807) is 19.3 Å². The molecule has 2 aliphatic rings. The molecule has 0 saturated carbocycles. The number of anilines is 1. The summed E-state index contributed by atoms with van der Waals surface area (Å²) in [5.74, 6) is -0.276. The van der Waals surface area contributed by atoms with Crippen molar-refractivity contribution in [3.8, 4) is 0 Å². The van der Waals surface area contributed by atoms with Crippen LogP contribution in [0.15, 0.2) is 42.7 Å². The van der Waals surface area contributed by atoms with E-state index in [4.69, 9.17) is 0 Å². The molecular weight excluding hydrogens is 305 g/mol. The summed E-state index contributed by atoms with van der Waals surface area (Å²) in [6.45, 7) is 2.48. The normalized spacial score (nSPS) is 19.8. The van der Waals surface area contributed by atoms with Crippen molar-refractivity contribution in [2.75, 3.05) is 25.0 Å². The molecule has 1 fully saturated rings. The lowest BCUT2D eigenvalue weighted by molar-refractivity contribution is -0.124. The Morgan fingerprint density at radius 1 is 1.21 bits per heavy atom.